The summed E-state index contributed by atoms with van der Waals surface area (Å²) in [6.45, 7) is 9.39. The van der Waals surface area contributed by atoms with E-state index < -0.39 is 0 Å². The van der Waals surface area contributed by atoms with E-state index in [-0.39, 0.29) is 10.8 Å². The quantitative estimate of drug-likeness (QED) is 0.160. The van der Waals surface area contributed by atoms with Crippen molar-refractivity contribution in [3.05, 3.63) is 229 Å². The zero-order chi connectivity index (χ0) is 45.7. The third-order valence-corrected chi connectivity index (χ3v) is 14.5. The number of hydrogen-bond donors (Lipinski definition) is 0. The SMILES string of the molecule is CC1(C)c2ccccc2-c2ccc(N(c3ccc4c(c3)C(C)(C)c3ccccc3-4)c3ccc4c(c3)oc3cccc(-c5nc(-c6ccccc6)nc(-c6cccc(-c7ccccc7)c6)n5)c34)cc21. The van der Waals surface area contributed by atoms with Crippen LogP contribution in [-0.4, -0.2) is 15.0 Å². The van der Waals surface area contributed by atoms with Gasteiger partial charge in [-0.05, 0) is 104 Å². The van der Waals surface area contributed by atoms with Crippen LogP contribution >= 0.6 is 0 Å². The maximum atomic E-state index is 6.87. The van der Waals surface area contributed by atoms with Gasteiger partial charge in [0.15, 0.2) is 17.5 Å². The van der Waals surface area contributed by atoms with Crippen LogP contribution in [0.3, 0.4) is 0 Å². The van der Waals surface area contributed by atoms with Crippen LogP contribution < -0.4 is 4.90 Å². The maximum Gasteiger partial charge on any atom is 0.164 e. The summed E-state index contributed by atoms with van der Waals surface area (Å²) in [6.07, 6.45) is 0. The van der Waals surface area contributed by atoms with E-state index in [0.717, 1.165) is 66.8 Å². The first kappa shape index (κ1) is 39.9. The van der Waals surface area contributed by atoms with Gasteiger partial charge in [0.2, 0.25) is 0 Å². The average Bonchev–Trinajstić information content (AvgIpc) is 3.96. The summed E-state index contributed by atoms with van der Waals surface area (Å²) in [6, 6.07) is 73.5. The lowest BCUT2D eigenvalue weighted by molar-refractivity contribution is 0.660. The van der Waals surface area contributed by atoms with Gasteiger partial charge in [-0.1, -0.05) is 179 Å². The van der Waals surface area contributed by atoms with Crippen LogP contribution in [0, 0.1) is 0 Å². The van der Waals surface area contributed by atoms with Gasteiger partial charge in [0.25, 0.3) is 0 Å². The minimum absolute atomic E-state index is 0.158. The number of furan rings is 1. The summed E-state index contributed by atoms with van der Waals surface area (Å²) in [5.41, 5.74) is 19.9. The summed E-state index contributed by atoms with van der Waals surface area (Å²) in [5, 5.41) is 1.95. The molecule has 0 aliphatic heterocycles. The molecular weight excluding hydrogens is 829 g/mol. The Bertz CT molecular complexity index is 3700. The van der Waals surface area contributed by atoms with Gasteiger partial charge < -0.3 is 9.32 Å². The number of benzene rings is 9. The van der Waals surface area contributed by atoms with Gasteiger partial charge in [0.1, 0.15) is 11.2 Å². The van der Waals surface area contributed by atoms with E-state index in [1.54, 1.807) is 0 Å². The van der Waals surface area contributed by atoms with E-state index in [9.17, 15) is 0 Å². The number of rotatable bonds is 7. The molecule has 5 nitrogen and oxygen atoms in total. The Hall–Kier alpha value is -8.41. The topological polar surface area (TPSA) is 55.1 Å². The van der Waals surface area contributed by atoms with Crippen molar-refractivity contribution >= 4 is 39.0 Å². The molecule has 0 N–H and O–H groups in total. The lowest BCUT2D eigenvalue weighted by Crippen LogP contribution is -2.18. The van der Waals surface area contributed by atoms with Crippen LogP contribution in [0.2, 0.25) is 0 Å². The van der Waals surface area contributed by atoms with E-state index in [4.69, 9.17) is 19.4 Å². The molecule has 0 spiro atoms. The Morgan fingerprint density at radius 3 is 1.46 bits per heavy atom. The van der Waals surface area contributed by atoms with Gasteiger partial charge in [-0.3, -0.25) is 0 Å². The molecule has 2 heterocycles. The molecule has 0 bridgehead atoms. The van der Waals surface area contributed by atoms with E-state index in [2.05, 4.69) is 190 Å². The lowest BCUT2D eigenvalue weighted by atomic mass is 9.82. The fourth-order valence-corrected chi connectivity index (χ4v) is 11.1. The van der Waals surface area contributed by atoms with Crippen LogP contribution in [0.5, 0.6) is 0 Å². The summed E-state index contributed by atoms with van der Waals surface area (Å²) < 4.78 is 6.87. The second-order valence-electron chi connectivity index (χ2n) is 19.2. The van der Waals surface area contributed by atoms with Gasteiger partial charge in [-0.25, -0.2) is 15.0 Å². The largest absolute Gasteiger partial charge is 0.456 e. The third-order valence-electron chi connectivity index (χ3n) is 14.5. The number of hydrogen-bond acceptors (Lipinski definition) is 5. The molecule has 0 saturated carbocycles. The highest BCUT2D eigenvalue weighted by molar-refractivity contribution is 6.12. The summed E-state index contributed by atoms with van der Waals surface area (Å²) in [5.74, 6) is 1.80. The van der Waals surface area contributed by atoms with Crippen LogP contribution in [0.15, 0.2) is 211 Å². The Morgan fingerprint density at radius 1 is 0.338 bits per heavy atom. The Morgan fingerprint density at radius 2 is 0.809 bits per heavy atom. The highest BCUT2D eigenvalue weighted by Gasteiger charge is 2.38. The second kappa shape index (κ2) is 15.1. The highest BCUT2D eigenvalue weighted by Crippen LogP contribution is 2.53. The number of fused-ring (bicyclic) bond motifs is 9. The molecule has 0 unspecified atom stereocenters. The maximum absolute atomic E-state index is 6.87. The van der Waals surface area contributed by atoms with Crippen molar-refractivity contribution in [1.29, 1.82) is 0 Å². The lowest BCUT2D eigenvalue weighted by Gasteiger charge is -2.29. The predicted octanol–water partition coefficient (Wildman–Crippen LogP) is 16.5. The van der Waals surface area contributed by atoms with Crippen molar-refractivity contribution in [1.82, 2.24) is 15.0 Å². The normalized spacial score (nSPS) is 13.8. The van der Waals surface area contributed by atoms with Crippen molar-refractivity contribution < 1.29 is 4.42 Å². The monoisotopic (exact) mass is 874 g/mol. The molecule has 0 saturated heterocycles. The van der Waals surface area contributed by atoms with Crippen molar-refractivity contribution in [2.45, 2.75) is 38.5 Å². The van der Waals surface area contributed by atoms with E-state index in [0.29, 0.717) is 17.5 Å². The minimum Gasteiger partial charge on any atom is -0.456 e. The smallest absolute Gasteiger partial charge is 0.164 e. The number of anilines is 3. The Labute approximate surface area is 396 Å². The zero-order valence-corrected chi connectivity index (χ0v) is 38.3. The van der Waals surface area contributed by atoms with Gasteiger partial charge in [0, 0.05) is 61.4 Å². The Kier molecular flexibility index (Phi) is 8.84. The standard InChI is InChI=1S/C63H46N4O/c1-62(2)52-26-13-11-23-46(52)48-32-29-43(36-54(48)62)67(44-30-33-49-47-24-12-14-27-53(47)63(3,4)55(49)37-44)45-31-34-50-57(38-45)68-56-28-16-25-51(58(50)56)61-65-59(40-19-9-6-10-20-40)64-60(66-61)42-22-15-21-41(35-42)39-17-7-5-8-18-39/h5-38H,1-4H3. The molecule has 2 aliphatic carbocycles. The zero-order valence-electron chi connectivity index (χ0n) is 38.3. The predicted molar refractivity (Wildman–Crippen MR) is 279 cm³/mol. The molecular formula is C63H46N4O. The van der Waals surface area contributed by atoms with Crippen molar-refractivity contribution in [2.75, 3.05) is 4.90 Å². The fourth-order valence-electron chi connectivity index (χ4n) is 11.1. The molecule has 13 rings (SSSR count). The first-order valence-corrected chi connectivity index (χ1v) is 23.4. The first-order chi connectivity index (χ1) is 33.2. The van der Waals surface area contributed by atoms with E-state index in [1.807, 2.05) is 48.5 Å². The van der Waals surface area contributed by atoms with Crippen molar-refractivity contribution in [2.24, 2.45) is 0 Å². The second-order valence-corrected chi connectivity index (χ2v) is 19.2. The summed E-state index contributed by atoms with van der Waals surface area (Å²) in [4.78, 5) is 17.9. The molecule has 0 atom stereocenters. The van der Waals surface area contributed by atoms with Gasteiger partial charge in [-0.2, -0.15) is 0 Å². The minimum atomic E-state index is -0.158. The molecule has 9 aromatic carbocycles. The fraction of sp³-hybridized carbons (Fsp3) is 0.0952. The Balaban J connectivity index is 0.975. The van der Waals surface area contributed by atoms with Gasteiger partial charge in [0.05, 0.1) is 0 Å². The van der Waals surface area contributed by atoms with E-state index >= 15 is 0 Å². The van der Waals surface area contributed by atoms with Crippen molar-refractivity contribution in [3.8, 4) is 67.5 Å². The summed E-state index contributed by atoms with van der Waals surface area (Å²) in [7, 11) is 0. The van der Waals surface area contributed by atoms with Gasteiger partial charge in [-0.15, -0.1) is 0 Å². The summed E-state index contributed by atoms with van der Waals surface area (Å²) >= 11 is 0. The molecule has 0 amide bonds. The first-order valence-electron chi connectivity index (χ1n) is 23.4. The number of nitrogens with zero attached hydrogens (tertiary/aromatic N) is 4. The van der Waals surface area contributed by atoms with Crippen LogP contribution in [0.1, 0.15) is 49.9 Å². The number of aromatic nitrogens is 3. The average molecular weight is 875 g/mol. The molecule has 2 aromatic heterocycles. The van der Waals surface area contributed by atoms with Crippen LogP contribution in [0.25, 0.3) is 89.5 Å². The van der Waals surface area contributed by atoms with Crippen LogP contribution in [0.4, 0.5) is 17.1 Å². The molecule has 68 heavy (non-hydrogen) atoms. The third kappa shape index (κ3) is 6.19. The molecule has 2 aliphatic rings. The molecule has 5 heteroatoms. The molecule has 11 aromatic rings. The molecule has 324 valence electrons. The molecule has 0 fully saturated rings. The van der Waals surface area contributed by atoms with Crippen molar-refractivity contribution in [3.63, 3.8) is 0 Å². The molecule has 0 radical (unpaired) electrons. The van der Waals surface area contributed by atoms with Crippen LogP contribution in [-0.2, 0) is 10.8 Å². The van der Waals surface area contributed by atoms with Gasteiger partial charge >= 0.3 is 0 Å². The van der Waals surface area contributed by atoms with E-state index in [1.165, 1.54) is 44.5 Å². The highest BCUT2D eigenvalue weighted by atomic mass is 16.3.